The zero-order chi connectivity index (χ0) is 11.5. The predicted molar refractivity (Wildman–Crippen MR) is 58.4 cm³/mol. The lowest BCUT2D eigenvalue weighted by Crippen LogP contribution is -2.39. The second-order valence-corrected chi connectivity index (χ2v) is 4.54. The molecule has 1 aliphatic rings. The van der Waals surface area contributed by atoms with Crippen LogP contribution in [0.15, 0.2) is 4.52 Å². The van der Waals surface area contributed by atoms with Crippen molar-refractivity contribution in [2.45, 2.75) is 38.6 Å². The van der Waals surface area contributed by atoms with Crippen molar-refractivity contribution >= 4 is 6.29 Å². The minimum absolute atomic E-state index is 0.0803. The SMILES string of the molecule is CC(C)N1CCCC(c2noc(C=O)n2)C1. The fourth-order valence-corrected chi connectivity index (χ4v) is 2.15. The Balaban J connectivity index is 2.06. The summed E-state index contributed by atoms with van der Waals surface area (Å²) in [7, 11) is 0. The average Bonchev–Trinajstić information content (AvgIpc) is 2.77. The average molecular weight is 223 g/mol. The van der Waals surface area contributed by atoms with Crippen LogP contribution in [0.3, 0.4) is 0 Å². The predicted octanol–water partition coefficient (Wildman–Crippen LogP) is 1.47. The van der Waals surface area contributed by atoms with E-state index in [4.69, 9.17) is 4.52 Å². The van der Waals surface area contributed by atoms with Gasteiger partial charge in [0.1, 0.15) is 0 Å². The summed E-state index contributed by atoms with van der Waals surface area (Å²) in [5.74, 6) is 1.05. The number of piperidine rings is 1. The van der Waals surface area contributed by atoms with Crippen LogP contribution in [0.25, 0.3) is 0 Å². The van der Waals surface area contributed by atoms with Gasteiger partial charge < -0.3 is 9.42 Å². The number of hydrogen-bond acceptors (Lipinski definition) is 5. The molecule has 5 nitrogen and oxygen atoms in total. The molecule has 0 aromatic carbocycles. The molecule has 88 valence electrons. The zero-order valence-corrected chi connectivity index (χ0v) is 9.72. The third-order valence-corrected chi connectivity index (χ3v) is 3.11. The maximum absolute atomic E-state index is 10.5. The van der Waals surface area contributed by atoms with Gasteiger partial charge in [-0.3, -0.25) is 4.79 Å². The van der Waals surface area contributed by atoms with E-state index in [1.54, 1.807) is 0 Å². The van der Waals surface area contributed by atoms with Crippen LogP contribution in [0.1, 0.15) is 49.1 Å². The van der Waals surface area contributed by atoms with Gasteiger partial charge in [-0.25, -0.2) is 0 Å². The molecule has 1 aromatic rings. The zero-order valence-electron chi connectivity index (χ0n) is 9.72. The Labute approximate surface area is 94.8 Å². The topological polar surface area (TPSA) is 59.2 Å². The number of carbonyl (C=O) groups excluding carboxylic acids is 1. The van der Waals surface area contributed by atoms with Gasteiger partial charge in [0.05, 0.1) is 0 Å². The molecular weight excluding hydrogens is 206 g/mol. The molecule has 1 saturated heterocycles. The third kappa shape index (κ3) is 2.29. The Morgan fingerprint density at radius 3 is 3.00 bits per heavy atom. The first-order valence-electron chi connectivity index (χ1n) is 5.73. The van der Waals surface area contributed by atoms with Crippen molar-refractivity contribution in [3.05, 3.63) is 11.7 Å². The molecule has 1 unspecified atom stereocenters. The minimum atomic E-state index is 0.0803. The first-order chi connectivity index (χ1) is 7.70. The fraction of sp³-hybridized carbons (Fsp3) is 0.727. The van der Waals surface area contributed by atoms with E-state index in [1.165, 1.54) is 0 Å². The molecule has 0 spiro atoms. The fourth-order valence-electron chi connectivity index (χ4n) is 2.15. The second kappa shape index (κ2) is 4.74. The van der Waals surface area contributed by atoms with Crippen LogP contribution in [0.5, 0.6) is 0 Å². The number of aromatic nitrogens is 2. The van der Waals surface area contributed by atoms with E-state index in [-0.39, 0.29) is 5.89 Å². The molecule has 1 aromatic heterocycles. The highest BCUT2D eigenvalue weighted by Gasteiger charge is 2.26. The van der Waals surface area contributed by atoms with E-state index in [1.807, 2.05) is 0 Å². The monoisotopic (exact) mass is 223 g/mol. The van der Waals surface area contributed by atoms with Gasteiger partial charge in [0.2, 0.25) is 6.29 Å². The first-order valence-corrected chi connectivity index (χ1v) is 5.73. The van der Waals surface area contributed by atoms with Crippen molar-refractivity contribution in [1.82, 2.24) is 15.0 Å². The van der Waals surface area contributed by atoms with E-state index in [9.17, 15) is 4.79 Å². The van der Waals surface area contributed by atoms with Crippen molar-refractivity contribution in [2.75, 3.05) is 13.1 Å². The van der Waals surface area contributed by atoms with Crippen molar-refractivity contribution in [3.8, 4) is 0 Å². The maximum atomic E-state index is 10.5. The van der Waals surface area contributed by atoms with Crippen molar-refractivity contribution in [3.63, 3.8) is 0 Å². The number of rotatable bonds is 3. The van der Waals surface area contributed by atoms with Crippen LogP contribution in [0, 0.1) is 0 Å². The number of nitrogens with zero attached hydrogens (tertiary/aromatic N) is 3. The molecule has 0 bridgehead atoms. The van der Waals surface area contributed by atoms with Crippen LogP contribution in [-0.2, 0) is 0 Å². The maximum Gasteiger partial charge on any atom is 0.290 e. The molecule has 0 N–H and O–H groups in total. The molecule has 5 heteroatoms. The summed E-state index contributed by atoms with van der Waals surface area (Å²) in [6.07, 6.45) is 2.81. The van der Waals surface area contributed by atoms with Gasteiger partial charge >= 0.3 is 0 Å². The van der Waals surface area contributed by atoms with Crippen LogP contribution >= 0.6 is 0 Å². The second-order valence-electron chi connectivity index (χ2n) is 4.54. The summed E-state index contributed by atoms with van der Waals surface area (Å²) in [5.41, 5.74) is 0. The molecule has 1 aliphatic heterocycles. The molecule has 2 rings (SSSR count). The highest BCUT2D eigenvalue weighted by molar-refractivity contribution is 5.66. The van der Waals surface area contributed by atoms with Gasteiger partial charge in [-0.15, -0.1) is 0 Å². The Morgan fingerprint density at radius 2 is 2.38 bits per heavy atom. The standard InChI is InChI=1S/C11H17N3O2/c1-8(2)14-5-3-4-9(6-14)11-12-10(7-15)16-13-11/h7-9H,3-6H2,1-2H3. The van der Waals surface area contributed by atoms with Gasteiger partial charge in [0.25, 0.3) is 5.89 Å². The van der Waals surface area contributed by atoms with Crippen LogP contribution in [0.2, 0.25) is 0 Å². The molecule has 16 heavy (non-hydrogen) atoms. The Morgan fingerprint density at radius 1 is 1.56 bits per heavy atom. The summed E-state index contributed by atoms with van der Waals surface area (Å²) in [4.78, 5) is 17.0. The normalized spacial score (nSPS) is 22.6. The Kier molecular flexibility index (Phi) is 3.33. The van der Waals surface area contributed by atoms with Crippen LogP contribution in [0.4, 0.5) is 0 Å². The molecule has 1 fully saturated rings. The van der Waals surface area contributed by atoms with Gasteiger partial charge in [-0.05, 0) is 33.2 Å². The quantitative estimate of drug-likeness (QED) is 0.726. The number of likely N-dealkylation sites (tertiary alicyclic amines) is 1. The van der Waals surface area contributed by atoms with E-state index >= 15 is 0 Å². The first kappa shape index (κ1) is 11.3. The van der Waals surface area contributed by atoms with E-state index < -0.39 is 0 Å². The van der Waals surface area contributed by atoms with Crippen LogP contribution in [-0.4, -0.2) is 40.5 Å². The van der Waals surface area contributed by atoms with E-state index in [0.29, 0.717) is 24.1 Å². The molecular formula is C11H17N3O2. The van der Waals surface area contributed by atoms with Gasteiger partial charge in [0, 0.05) is 18.5 Å². The van der Waals surface area contributed by atoms with Crippen molar-refractivity contribution in [2.24, 2.45) is 0 Å². The highest BCUT2D eigenvalue weighted by Crippen LogP contribution is 2.25. The smallest absolute Gasteiger partial charge is 0.290 e. The molecule has 2 heterocycles. The minimum Gasteiger partial charge on any atom is -0.331 e. The van der Waals surface area contributed by atoms with Gasteiger partial charge in [0.15, 0.2) is 5.82 Å². The molecule has 0 saturated carbocycles. The van der Waals surface area contributed by atoms with E-state index in [2.05, 4.69) is 28.9 Å². The number of carbonyl (C=O) groups is 1. The highest BCUT2D eigenvalue weighted by atomic mass is 16.5. The summed E-state index contributed by atoms with van der Waals surface area (Å²) in [6, 6.07) is 0.542. The van der Waals surface area contributed by atoms with Crippen molar-refractivity contribution < 1.29 is 9.32 Å². The van der Waals surface area contributed by atoms with Crippen LogP contribution < -0.4 is 0 Å². The Bertz CT molecular complexity index is 362. The summed E-state index contributed by atoms with van der Waals surface area (Å²) < 4.78 is 4.82. The number of hydrogen-bond donors (Lipinski definition) is 0. The van der Waals surface area contributed by atoms with E-state index in [0.717, 1.165) is 25.9 Å². The number of aldehydes is 1. The lowest BCUT2D eigenvalue weighted by Gasteiger charge is -2.34. The largest absolute Gasteiger partial charge is 0.331 e. The summed E-state index contributed by atoms with van der Waals surface area (Å²) >= 11 is 0. The molecule has 0 aliphatic carbocycles. The lowest BCUT2D eigenvalue weighted by atomic mass is 9.96. The third-order valence-electron chi connectivity index (χ3n) is 3.11. The Hall–Kier alpha value is -1.23. The lowest BCUT2D eigenvalue weighted by molar-refractivity contribution is 0.108. The molecule has 0 radical (unpaired) electrons. The van der Waals surface area contributed by atoms with Gasteiger partial charge in [-0.2, -0.15) is 4.98 Å². The van der Waals surface area contributed by atoms with Gasteiger partial charge in [-0.1, -0.05) is 5.16 Å². The molecule has 0 amide bonds. The molecule has 1 atom stereocenters. The van der Waals surface area contributed by atoms with Crippen molar-refractivity contribution in [1.29, 1.82) is 0 Å². The summed E-state index contributed by atoms with van der Waals surface area (Å²) in [5, 5.41) is 3.86. The summed E-state index contributed by atoms with van der Waals surface area (Å²) in [6.45, 7) is 6.47.